The Hall–Kier alpha value is -1.85. The van der Waals surface area contributed by atoms with Gasteiger partial charge >= 0.3 is 0 Å². The van der Waals surface area contributed by atoms with Crippen LogP contribution >= 0.6 is 0 Å². The number of hydrogen-bond acceptors (Lipinski definition) is 4. The van der Waals surface area contributed by atoms with Crippen molar-refractivity contribution in [3.8, 4) is 0 Å². The molecule has 0 aromatic carbocycles. The van der Waals surface area contributed by atoms with Crippen molar-refractivity contribution >= 4 is 11.9 Å². The predicted octanol–water partition coefficient (Wildman–Crippen LogP) is -0.764. The minimum Gasteiger partial charge on any atom is -0.358 e. The lowest BCUT2D eigenvalue weighted by molar-refractivity contribution is -0.118. The number of likely N-dealkylation sites (N-methyl/N-ethyl adjacent to an activating group) is 1. The van der Waals surface area contributed by atoms with Crippen LogP contribution in [-0.2, 0) is 4.79 Å². The maximum Gasteiger partial charge on any atom is 0.252 e. The third-order valence-electron chi connectivity index (χ3n) is 1.56. The van der Waals surface area contributed by atoms with E-state index >= 15 is 0 Å². The fourth-order valence-electron chi connectivity index (χ4n) is 0.915. The predicted molar refractivity (Wildman–Crippen MR) is 52.2 cm³/mol. The summed E-state index contributed by atoms with van der Waals surface area (Å²) in [5.74, 6) is 0.132. The average Bonchev–Trinajstić information content (AvgIpc) is 2.12. The third-order valence-corrected chi connectivity index (χ3v) is 1.56. The van der Waals surface area contributed by atoms with Gasteiger partial charge in [-0.3, -0.25) is 14.6 Å². The molecule has 76 valence electrons. The van der Waals surface area contributed by atoms with E-state index in [4.69, 9.17) is 0 Å². The van der Waals surface area contributed by atoms with Crippen molar-refractivity contribution < 1.29 is 4.79 Å². The molecule has 1 heterocycles. The van der Waals surface area contributed by atoms with E-state index in [0.29, 0.717) is 11.6 Å². The van der Waals surface area contributed by atoms with E-state index in [1.54, 1.807) is 6.92 Å². The van der Waals surface area contributed by atoms with E-state index in [1.165, 1.54) is 13.1 Å². The van der Waals surface area contributed by atoms with E-state index in [-0.39, 0.29) is 18.0 Å². The first kappa shape index (κ1) is 10.2. The number of aromatic nitrogens is 2. The van der Waals surface area contributed by atoms with Gasteiger partial charge in [-0.15, -0.1) is 0 Å². The first-order chi connectivity index (χ1) is 6.61. The van der Waals surface area contributed by atoms with Crippen molar-refractivity contribution in [2.45, 2.75) is 6.92 Å². The molecule has 0 bridgehead atoms. The molecule has 1 aromatic rings. The molecule has 0 saturated carbocycles. The molecule has 0 radical (unpaired) electrons. The SMILES string of the molecule is CNC(=O)CNc1nc(C)cc(=O)[nH]1. The molecule has 3 N–H and O–H groups in total. The Balaban J connectivity index is 2.68. The normalized spacial score (nSPS) is 9.57. The van der Waals surface area contributed by atoms with Crippen molar-refractivity contribution in [2.75, 3.05) is 18.9 Å². The smallest absolute Gasteiger partial charge is 0.252 e. The molecule has 1 rings (SSSR count). The quantitative estimate of drug-likeness (QED) is 0.592. The minimum atomic E-state index is -0.239. The highest BCUT2D eigenvalue weighted by atomic mass is 16.2. The Morgan fingerprint density at radius 1 is 1.64 bits per heavy atom. The second kappa shape index (κ2) is 4.40. The summed E-state index contributed by atoms with van der Waals surface area (Å²) in [5.41, 5.74) is 0.366. The van der Waals surface area contributed by atoms with Crippen LogP contribution in [0.3, 0.4) is 0 Å². The number of H-pyrrole nitrogens is 1. The van der Waals surface area contributed by atoms with Crippen LogP contribution in [-0.4, -0.2) is 29.5 Å². The number of amides is 1. The highest BCUT2D eigenvalue weighted by Crippen LogP contribution is 1.93. The molecular weight excluding hydrogens is 184 g/mol. The number of nitrogens with zero attached hydrogens (tertiary/aromatic N) is 1. The summed E-state index contributed by atoms with van der Waals surface area (Å²) < 4.78 is 0. The Kier molecular flexibility index (Phi) is 3.22. The van der Waals surface area contributed by atoms with Crippen LogP contribution in [0.15, 0.2) is 10.9 Å². The van der Waals surface area contributed by atoms with Crippen LogP contribution in [0.1, 0.15) is 5.69 Å². The topological polar surface area (TPSA) is 86.9 Å². The molecule has 0 aliphatic rings. The molecule has 0 fully saturated rings. The third kappa shape index (κ3) is 2.89. The van der Waals surface area contributed by atoms with Gasteiger partial charge in [0.15, 0.2) is 0 Å². The van der Waals surface area contributed by atoms with Crippen LogP contribution in [0.5, 0.6) is 0 Å². The van der Waals surface area contributed by atoms with Crippen molar-refractivity contribution in [3.63, 3.8) is 0 Å². The number of hydrogen-bond donors (Lipinski definition) is 3. The summed E-state index contributed by atoms with van der Waals surface area (Å²) in [6.45, 7) is 1.79. The number of rotatable bonds is 3. The Morgan fingerprint density at radius 2 is 2.36 bits per heavy atom. The highest BCUT2D eigenvalue weighted by Gasteiger charge is 2.00. The average molecular weight is 196 g/mol. The van der Waals surface area contributed by atoms with Crippen molar-refractivity contribution in [1.29, 1.82) is 0 Å². The number of nitrogens with one attached hydrogen (secondary N) is 3. The lowest BCUT2D eigenvalue weighted by Gasteiger charge is -2.03. The summed E-state index contributed by atoms with van der Waals surface area (Å²) in [7, 11) is 1.54. The second-order valence-corrected chi connectivity index (χ2v) is 2.76. The van der Waals surface area contributed by atoms with Gasteiger partial charge in [0, 0.05) is 18.8 Å². The van der Waals surface area contributed by atoms with Crippen LogP contribution in [0.2, 0.25) is 0 Å². The van der Waals surface area contributed by atoms with Gasteiger partial charge in [-0.25, -0.2) is 4.98 Å². The van der Waals surface area contributed by atoms with Gasteiger partial charge in [0.05, 0.1) is 6.54 Å². The summed E-state index contributed by atoms with van der Waals surface area (Å²) >= 11 is 0. The van der Waals surface area contributed by atoms with E-state index in [1.807, 2.05) is 0 Å². The van der Waals surface area contributed by atoms with Gasteiger partial charge in [-0.2, -0.15) is 0 Å². The Bertz CT molecular complexity index is 385. The van der Waals surface area contributed by atoms with Gasteiger partial charge in [-0.05, 0) is 6.92 Å². The summed E-state index contributed by atoms with van der Waals surface area (Å²) in [6.07, 6.45) is 0. The first-order valence-electron chi connectivity index (χ1n) is 4.14. The Morgan fingerprint density at radius 3 is 2.93 bits per heavy atom. The minimum absolute atomic E-state index is 0.0862. The van der Waals surface area contributed by atoms with Gasteiger partial charge in [0.2, 0.25) is 11.9 Å². The maximum atomic E-state index is 11.0. The van der Waals surface area contributed by atoms with E-state index in [9.17, 15) is 9.59 Å². The van der Waals surface area contributed by atoms with Gasteiger partial charge in [0.1, 0.15) is 0 Å². The van der Waals surface area contributed by atoms with E-state index in [0.717, 1.165) is 0 Å². The van der Waals surface area contributed by atoms with Crippen molar-refractivity contribution in [1.82, 2.24) is 15.3 Å². The molecule has 14 heavy (non-hydrogen) atoms. The molecule has 0 aliphatic heterocycles. The van der Waals surface area contributed by atoms with E-state index in [2.05, 4.69) is 20.6 Å². The highest BCUT2D eigenvalue weighted by molar-refractivity contribution is 5.79. The molecule has 0 unspecified atom stereocenters. The maximum absolute atomic E-state index is 11.0. The number of carbonyl (C=O) groups excluding carboxylic acids is 1. The van der Waals surface area contributed by atoms with Gasteiger partial charge in [0.25, 0.3) is 5.56 Å². The summed E-state index contributed by atoms with van der Waals surface area (Å²) in [5, 5.41) is 5.14. The van der Waals surface area contributed by atoms with Crippen LogP contribution in [0.25, 0.3) is 0 Å². The molecule has 0 atom stereocenters. The summed E-state index contributed by atoms with van der Waals surface area (Å²) in [4.78, 5) is 28.3. The monoisotopic (exact) mass is 196 g/mol. The van der Waals surface area contributed by atoms with Crippen LogP contribution < -0.4 is 16.2 Å². The van der Waals surface area contributed by atoms with E-state index < -0.39 is 0 Å². The van der Waals surface area contributed by atoms with Crippen molar-refractivity contribution in [2.24, 2.45) is 0 Å². The molecule has 0 aliphatic carbocycles. The van der Waals surface area contributed by atoms with Crippen LogP contribution in [0.4, 0.5) is 5.95 Å². The lowest BCUT2D eigenvalue weighted by atomic mass is 10.4. The summed E-state index contributed by atoms with van der Waals surface area (Å²) in [6, 6.07) is 1.38. The fourth-order valence-corrected chi connectivity index (χ4v) is 0.915. The van der Waals surface area contributed by atoms with Gasteiger partial charge < -0.3 is 10.6 Å². The molecule has 0 saturated heterocycles. The largest absolute Gasteiger partial charge is 0.358 e. The number of aromatic amines is 1. The molecule has 6 heteroatoms. The van der Waals surface area contributed by atoms with Gasteiger partial charge in [-0.1, -0.05) is 0 Å². The zero-order valence-corrected chi connectivity index (χ0v) is 8.05. The molecule has 0 spiro atoms. The standard InChI is InChI=1S/C8H12N4O2/c1-5-3-6(13)12-8(11-5)10-4-7(14)9-2/h3H,4H2,1-2H3,(H,9,14)(H2,10,11,12,13). The number of carbonyl (C=O) groups is 1. The molecule has 6 nitrogen and oxygen atoms in total. The van der Waals surface area contributed by atoms with Crippen LogP contribution in [0, 0.1) is 6.92 Å². The molecule has 1 amide bonds. The molecular formula is C8H12N4O2. The van der Waals surface area contributed by atoms with Crippen molar-refractivity contribution in [3.05, 3.63) is 22.1 Å². The second-order valence-electron chi connectivity index (χ2n) is 2.76. The first-order valence-corrected chi connectivity index (χ1v) is 4.14. The number of anilines is 1. The number of aryl methyl sites for hydroxylation is 1. The lowest BCUT2D eigenvalue weighted by Crippen LogP contribution is -2.27. The Labute approximate surface area is 80.8 Å². The molecule has 1 aromatic heterocycles. The zero-order valence-electron chi connectivity index (χ0n) is 8.05. The zero-order chi connectivity index (χ0) is 10.6. The fraction of sp³-hybridized carbons (Fsp3) is 0.375.